The molecule has 0 fully saturated rings. The van der Waals surface area contributed by atoms with Gasteiger partial charge in [0.25, 0.3) is 0 Å². The molecule has 0 atom stereocenters. The zero-order valence-electron chi connectivity index (χ0n) is 10.2. The Morgan fingerprint density at radius 2 is 2.28 bits per heavy atom. The molecule has 0 aliphatic rings. The van der Waals surface area contributed by atoms with Crippen LogP contribution in [0.25, 0.3) is 0 Å². The van der Waals surface area contributed by atoms with Crippen molar-refractivity contribution in [1.29, 1.82) is 0 Å². The number of hydrogen-bond acceptors (Lipinski definition) is 2. The Labute approximate surface area is 106 Å². The number of carbonyl (C=O) groups excluding carboxylic acids is 1. The van der Waals surface area contributed by atoms with Crippen molar-refractivity contribution in [3.63, 3.8) is 0 Å². The second kappa shape index (κ2) is 8.06. The van der Waals surface area contributed by atoms with E-state index in [0.717, 1.165) is 0 Å². The van der Waals surface area contributed by atoms with Crippen molar-refractivity contribution >= 4 is 5.91 Å². The molecule has 0 aliphatic carbocycles. The number of carbonyl (C=O) groups is 1. The van der Waals surface area contributed by atoms with Crippen LogP contribution in [0.1, 0.15) is 6.92 Å². The third kappa shape index (κ3) is 5.84. The second-order valence-electron chi connectivity index (χ2n) is 3.48. The molecule has 0 aliphatic heterocycles. The summed E-state index contributed by atoms with van der Waals surface area (Å²) in [4.78, 5) is 11.2. The van der Waals surface area contributed by atoms with E-state index in [9.17, 15) is 9.18 Å². The average Bonchev–Trinajstić information content (AvgIpc) is 2.35. The van der Waals surface area contributed by atoms with Gasteiger partial charge in [0.05, 0.1) is 6.54 Å². The van der Waals surface area contributed by atoms with Gasteiger partial charge >= 0.3 is 0 Å². The molecule has 1 aromatic rings. The fraction of sp³-hybridized carbons (Fsp3) is 0.214. The summed E-state index contributed by atoms with van der Waals surface area (Å²) in [6, 6.07) is 5.88. The first-order valence-corrected chi connectivity index (χ1v) is 5.68. The van der Waals surface area contributed by atoms with Crippen molar-refractivity contribution in [3.8, 4) is 5.75 Å². The number of rotatable bonds is 6. The highest BCUT2D eigenvalue weighted by molar-refractivity contribution is 5.87. The zero-order valence-corrected chi connectivity index (χ0v) is 10.2. The van der Waals surface area contributed by atoms with E-state index in [2.05, 4.69) is 5.32 Å². The molecule has 0 aromatic heterocycles. The molecule has 3 nitrogen and oxygen atoms in total. The maximum absolute atomic E-state index is 12.8. The highest BCUT2D eigenvalue weighted by Gasteiger charge is 1.97. The van der Waals surface area contributed by atoms with Crippen molar-refractivity contribution in [3.05, 3.63) is 54.4 Å². The number of hydrogen-bond donors (Lipinski definition) is 1. The molecule has 4 heteroatoms. The van der Waals surface area contributed by atoms with Crippen LogP contribution in [0.5, 0.6) is 5.75 Å². The number of amides is 1. The monoisotopic (exact) mass is 249 g/mol. The lowest BCUT2D eigenvalue weighted by atomic mass is 10.3. The van der Waals surface area contributed by atoms with E-state index in [1.807, 2.05) is 13.0 Å². The molecule has 0 saturated carbocycles. The Morgan fingerprint density at radius 1 is 1.44 bits per heavy atom. The van der Waals surface area contributed by atoms with Crippen molar-refractivity contribution in [2.75, 3.05) is 13.2 Å². The Balaban J connectivity index is 2.21. The lowest BCUT2D eigenvalue weighted by molar-refractivity contribution is -0.116. The van der Waals surface area contributed by atoms with Gasteiger partial charge in [0.2, 0.25) is 5.91 Å². The SMILES string of the molecule is CC=CC=CC(=O)NCCOc1cccc(F)c1. The molecule has 0 radical (unpaired) electrons. The molecule has 0 spiro atoms. The number of benzene rings is 1. The van der Waals surface area contributed by atoms with Gasteiger partial charge in [-0.1, -0.05) is 24.3 Å². The van der Waals surface area contributed by atoms with Crippen LogP contribution in [0.4, 0.5) is 4.39 Å². The van der Waals surface area contributed by atoms with Crippen molar-refractivity contribution < 1.29 is 13.9 Å². The molecule has 0 heterocycles. The molecule has 1 rings (SSSR count). The first-order valence-electron chi connectivity index (χ1n) is 5.68. The Kier molecular flexibility index (Phi) is 6.25. The number of nitrogens with one attached hydrogen (secondary N) is 1. The Morgan fingerprint density at radius 3 is 3.00 bits per heavy atom. The van der Waals surface area contributed by atoms with Gasteiger partial charge in [0, 0.05) is 12.1 Å². The Bertz CT molecular complexity index is 441. The summed E-state index contributed by atoms with van der Waals surface area (Å²) in [6.07, 6.45) is 6.69. The predicted octanol–water partition coefficient (Wildman–Crippen LogP) is 2.45. The van der Waals surface area contributed by atoms with E-state index in [4.69, 9.17) is 4.74 Å². The first kappa shape index (κ1) is 14.0. The van der Waals surface area contributed by atoms with Crippen LogP contribution in [0.3, 0.4) is 0 Å². The number of ether oxygens (including phenoxy) is 1. The van der Waals surface area contributed by atoms with E-state index in [1.54, 1.807) is 24.3 Å². The molecular weight excluding hydrogens is 233 g/mol. The van der Waals surface area contributed by atoms with Crippen molar-refractivity contribution in [2.24, 2.45) is 0 Å². The van der Waals surface area contributed by atoms with Gasteiger partial charge in [-0.15, -0.1) is 0 Å². The number of allylic oxidation sites excluding steroid dienone is 3. The standard InChI is InChI=1S/C14H16FNO2/c1-2-3-4-8-14(17)16-9-10-18-13-7-5-6-12(15)11-13/h2-8,11H,9-10H2,1H3,(H,16,17). The predicted molar refractivity (Wildman–Crippen MR) is 68.9 cm³/mol. The summed E-state index contributed by atoms with van der Waals surface area (Å²) < 4.78 is 18.1. The van der Waals surface area contributed by atoms with Crippen molar-refractivity contribution in [2.45, 2.75) is 6.92 Å². The van der Waals surface area contributed by atoms with E-state index in [0.29, 0.717) is 18.9 Å². The fourth-order valence-electron chi connectivity index (χ4n) is 1.21. The molecule has 1 N–H and O–H groups in total. The molecule has 1 amide bonds. The van der Waals surface area contributed by atoms with Crippen LogP contribution in [0, 0.1) is 5.82 Å². The van der Waals surface area contributed by atoms with Gasteiger partial charge in [-0.2, -0.15) is 0 Å². The van der Waals surface area contributed by atoms with Crippen LogP contribution in [0.2, 0.25) is 0 Å². The molecule has 0 saturated heterocycles. The van der Waals surface area contributed by atoms with Gasteiger partial charge < -0.3 is 10.1 Å². The maximum atomic E-state index is 12.8. The molecule has 18 heavy (non-hydrogen) atoms. The van der Waals surface area contributed by atoms with Crippen LogP contribution < -0.4 is 10.1 Å². The summed E-state index contributed by atoms with van der Waals surface area (Å²) in [6.45, 7) is 2.54. The van der Waals surface area contributed by atoms with E-state index >= 15 is 0 Å². The van der Waals surface area contributed by atoms with Gasteiger partial charge in [0.1, 0.15) is 18.2 Å². The normalized spacial score (nSPS) is 11.0. The minimum atomic E-state index is -0.342. The average molecular weight is 249 g/mol. The molecule has 0 bridgehead atoms. The molecule has 96 valence electrons. The van der Waals surface area contributed by atoms with Gasteiger partial charge in [-0.05, 0) is 19.1 Å². The van der Waals surface area contributed by atoms with Crippen LogP contribution in [-0.4, -0.2) is 19.1 Å². The number of halogens is 1. The van der Waals surface area contributed by atoms with E-state index in [1.165, 1.54) is 18.2 Å². The summed E-state index contributed by atoms with van der Waals surface area (Å²) in [5, 5.41) is 2.65. The molecular formula is C14H16FNO2. The van der Waals surface area contributed by atoms with Crippen LogP contribution >= 0.6 is 0 Å². The lowest BCUT2D eigenvalue weighted by Crippen LogP contribution is -2.26. The lowest BCUT2D eigenvalue weighted by Gasteiger charge is -2.06. The summed E-state index contributed by atoms with van der Waals surface area (Å²) in [5.74, 6) is -0.0736. The summed E-state index contributed by atoms with van der Waals surface area (Å²) in [5.41, 5.74) is 0. The van der Waals surface area contributed by atoms with Crippen LogP contribution in [0.15, 0.2) is 48.6 Å². The minimum absolute atomic E-state index is 0.184. The van der Waals surface area contributed by atoms with Gasteiger partial charge in [-0.3, -0.25) is 4.79 Å². The third-order valence-corrected chi connectivity index (χ3v) is 2.02. The summed E-state index contributed by atoms with van der Waals surface area (Å²) >= 11 is 0. The fourth-order valence-corrected chi connectivity index (χ4v) is 1.21. The largest absolute Gasteiger partial charge is 0.492 e. The smallest absolute Gasteiger partial charge is 0.244 e. The van der Waals surface area contributed by atoms with Gasteiger partial charge in [0.15, 0.2) is 0 Å². The highest BCUT2D eigenvalue weighted by atomic mass is 19.1. The van der Waals surface area contributed by atoms with Crippen molar-refractivity contribution in [1.82, 2.24) is 5.32 Å². The topological polar surface area (TPSA) is 38.3 Å². The minimum Gasteiger partial charge on any atom is -0.492 e. The summed E-state index contributed by atoms with van der Waals surface area (Å²) in [7, 11) is 0. The van der Waals surface area contributed by atoms with Crippen LogP contribution in [-0.2, 0) is 4.79 Å². The van der Waals surface area contributed by atoms with E-state index < -0.39 is 0 Å². The molecule has 1 aromatic carbocycles. The maximum Gasteiger partial charge on any atom is 0.244 e. The Hall–Kier alpha value is -2.10. The first-order chi connectivity index (χ1) is 8.72. The van der Waals surface area contributed by atoms with Gasteiger partial charge in [-0.25, -0.2) is 4.39 Å². The zero-order chi connectivity index (χ0) is 13.2. The highest BCUT2D eigenvalue weighted by Crippen LogP contribution is 2.11. The van der Waals surface area contributed by atoms with E-state index in [-0.39, 0.29) is 11.7 Å². The third-order valence-electron chi connectivity index (χ3n) is 2.02. The molecule has 0 unspecified atom stereocenters. The quantitative estimate of drug-likeness (QED) is 0.478. The second-order valence-corrected chi connectivity index (χ2v) is 3.48.